The third-order valence-electron chi connectivity index (χ3n) is 5.50. The number of hydrogen-bond acceptors (Lipinski definition) is 5. The zero-order valence-corrected chi connectivity index (χ0v) is 18.1. The van der Waals surface area contributed by atoms with Crippen molar-refractivity contribution < 1.29 is 19.1 Å². The van der Waals surface area contributed by atoms with Gasteiger partial charge in [-0.3, -0.25) is 14.6 Å². The van der Waals surface area contributed by atoms with Crippen LogP contribution in [-0.2, 0) is 4.79 Å². The van der Waals surface area contributed by atoms with Gasteiger partial charge in [-0.05, 0) is 48.0 Å². The van der Waals surface area contributed by atoms with Gasteiger partial charge in [0.15, 0.2) is 0 Å². The lowest BCUT2D eigenvalue weighted by Crippen LogP contribution is -2.27. The highest BCUT2D eigenvalue weighted by Gasteiger charge is 2.24. The molecule has 0 bridgehead atoms. The smallest absolute Gasteiger partial charge is 0.248 e. The van der Waals surface area contributed by atoms with E-state index in [1.807, 2.05) is 42.5 Å². The van der Waals surface area contributed by atoms with Gasteiger partial charge >= 0.3 is 0 Å². The molecule has 0 radical (unpaired) electrons. The molecule has 1 aliphatic heterocycles. The second-order valence-corrected chi connectivity index (χ2v) is 7.36. The normalized spacial score (nSPS) is 13.2. The number of nitrogens with zero attached hydrogens (tertiary/aromatic N) is 2. The molecule has 7 nitrogen and oxygen atoms in total. The van der Waals surface area contributed by atoms with Gasteiger partial charge in [0, 0.05) is 29.3 Å². The van der Waals surface area contributed by atoms with E-state index >= 15 is 0 Å². The van der Waals surface area contributed by atoms with Crippen molar-refractivity contribution in [3.05, 3.63) is 77.4 Å². The fourth-order valence-electron chi connectivity index (χ4n) is 3.76. The number of fused-ring (bicyclic) bond motifs is 1. The third-order valence-corrected chi connectivity index (χ3v) is 5.50. The van der Waals surface area contributed by atoms with Crippen molar-refractivity contribution in [3.63, 3.8) is 0 Å². The van der Waals surface area contributed by atoms with E-state index < -0.39 is 5.91 Å². The Bertz CT molecular complexity index is 1250. The summed E-state index contributed by atoms with van der Waals surface area (Å²) in [6, 6.07) is 18.3. The summed E-state index contributed by atoms with van der Waals surface area (Å²) >= 11 is 0. The number of ether oxygens (including phenoxy) is 2. The number of hydrogen-bond donors (Lipinski definition) is 1. The molecular formula is C25H23N3O4. The summed E-state index contributed by atoms with van der Waals surface area (Å²) in [4.78, 5) is 30.5. The van der Waals surface area contributed by atoms with Gasteiger partial charge in [-0.2, -0.15) is 0 Å². The van der Waals surface area contributed by atoms with Crippen molar-refractivity contribution >= 4 is 23.2 Å². The number of rotatable bonds is 5. The van der Waals surface area contributed by atoms with Crippen LogP contribution in [0.3, 0.4) is 0 Å². The van der Waals surface area contributed by atoms with Gasteiger partial charge in [-0.1, -0.05) is 18.2 Å². The molecule has 3 aromatic carbocycles. The van der Waals surface area contributed by atoms with Gasteiger partial charge in [0.25, 0.3) is 0 Å². The van der Waals surface area contributed by atoms with Crippen LogP contribution in [0.5, 0.6) is 11.5 Å². The van der Waals surface area contributed by atoms with Crippen LogP contribution < -0.4 is 20.1 Å². The average Bonchev–Trinajstić information content (AvgIpc) is 2.94. The largest absolute Gasteiger partial charge is 0.497 e. The molecule has 2 N–H and O–H groups in total. The van der Waals surface area contributed by atoms with E-state index in [9.17, 15) is 9.59 Å². The molecule has 0 saturated heterocycles. The van der Waals surface area contributed by atoms with E-state index in [4.69, 9.17) is 15.2 Å². The first-order chi connectivity index (χ1) is 15.4. The molecule has 4 rings (SSSR count). The fraction of sp³-hybridized carbons (Fsp3) is 0.160. The highest BCUT2D eigenvalue weighted by Crippen LogP contribution is 2.37. The maximum atomic E-state index is 12.6. The molecule has 1 aliphatic rings. The standard InChI is InChI=1S/C25H23N3O4/c1-28-21-9-7-15(19-13-18(31-2)8-10-22(19)32-3)12-20(21)24(27-14-23(28)29)16-5-4-6-17(11-16)25(26)30/h4-13H,14H2,1-3H3,(H2,26,30). The van der Waals surface area contributed by atoms with Crippen molar-refractivity contribution in [1.29, 1.82) is 0 Å². The van der Waals surface area contributed by atoms with E-state index in [-0.39, 0.29) is 12.5 Å². The number of benzodiazepines with no additional fused rings is 1. The van der Waals surface area contributed by atoms with E-state index in [0.29, 0.717) is 28.3 Å². The van der Waals surface area contributed by atoms with Crippen LogP contribution in [0.25, 0.3) is 11.1 Å². The lowest BCUT2D eigenvalue weighted by atomic mass is 9.94. The Balaban J connectivity index is 1.93. The second-order valence-electron chi connectivity index (χ2n) is 7.36. The van der Waals surface area contributed by atoms with Crippen molar-refractivity contribution in [2.75, 3.05) is 32.7 Å². The molecule has 162 valence electrons. The van der Waals surface area contributed by atoms with Crippen molar-refractivity contribution in [1.82, 2.24) is 0 Å². The Morgan fingerprint density at radius 1 is 0.969 bits per heavy atom. The molecule has 0 spiro atoms. The zero-order chi connectivity index (χ0) is 22.8. The maximum Gasteiger partial charge on any atom is 0.248 e. The minimum Gasteiger partial charge on any atom is -0.497 e. The number of anilines is 1. The molecular weight excluding hydrogens is 406 g/mol. The second kappa shape index (κ2) is 8.55. The first kappa shape index (κ1) is 21.1. The predicted molar refractivity (Wildman–Crippen MR) is 124 cm³/mol. The minimum atomic E-state index is -0.524. The van der Waals surface area contributed by atoms with E-state index in [2.05, 4.69) is 4.99 Å². The lowest BCUT2D eigenvalue weighted by Gasteiger charge is -2.20. The molecule has 0 saturated carbocycles. The van der Waals surface area contributed by atoms with Crippen LogP contribution >= 0.6 is 0 Å². The van der Waals surface area contributed by atoms with E-state index in [0.717, 1.165) is 22.4 Å². The van der Waals surface area contributed by atoms with Gasteiger partial charge in [0.05, 0.1) is 25.6 Å². The molecule has 0 aromatic heterocycles. The number of amides is 2. The Morgan fingerprint density at radius 3 is 2.50 bits per heavy atom. The highest BCUT2D eigenvalue weighted by atomic mass is 16.5. The van der Waals surface area contributed by atoms with Gasteiger partial charge < -0.3 is 20.1 Å². The van der Waals surface area contributed by atoms with Crippen LogP contribution in [0.4, 0.5) is 5.69 Å². The average molecular weight is 429 g/mol. The molecule has 7 heteroatoms. The number of carbonyl (C=O) groups is 2. The number of benzene rings is 3. The summed E-state index contributed by atoms with van der Waals surface area (Å²) in [5, 5.41) is 0. The topological polar surface area (TPSA) is 94.2 Å². The first-order valence-corrected chi connectivity index (χ1v) is 10.0. The molecule has 2 amide bonds. The third kappa shape index (κ3) is 3.80. The molecule has 0 atom stereocenters. The number of primary amides is 1. The van der Waals surface area contributed by atoms with Gasteiger partial charge in [0.1, 0.15) is 18.0 Å². The predicted octanol–water partition coefficient (Wildman–Crippen LogP) is 3.28. The van der Waals surface area contributed by atoms with Gasteiger partial charge in [0.2, 0.25) is 11.8 Å². The molecule has 0 aliphatic carbocycles. The number of likely N-dealkylation sites (N-methyl/N-ethyl adjacent to an activating group) is 1. The van der Waals surface area contributed by atoms with Crippen LogP contribution in [-0.4, -0.2) is 45.3 Å². The highest BCUT2D eigenvalue weighted by molar-refractivity contribution is 6.20. The quantitative estimate of drug-likeness (QED) is 0.673. The lowest BCUT2D eigenvalue weighted by molar-refractivity contribution is -0.116. The fourth-order valence-corrected chi connectivity index (χ4v) is 3.76. The van der Waals surface area contributed by atoms with E-state index in [1.165, 1.54) is 0 Å². The summed E-state index contributed by atoms with van der Waals surface area (Å²) in [5.41, 5.74) is 10.4. The molecule has 0 fully saturated rings. The number of nitrogens with two attached hydrogens (primary N) is 1. The Kier molecular flexibility index (Phi) is 5.64. The van der Waals surface area contributed by atoms with Gasteiger partial charge in [-0.25, -0.2) is 0 Å². The van der Waals surface area contributed by atoms with E-state index in [1.54, 1.807) is 44.4 Å². The van der Waals surface area contributed by atoms with Crippen molar-refractivity contribution in [2.24, 2.45) is 10.7 Å². The summed E-state index contributed by atoms with van der Waals surface area (Å²) in [6.07, 6.45) is 0. The molecule has 0 unspecified atom stereocenters. The maximum absolute atomic E-state index is 12.6. The number of carbonyl (C=O) groups excluding carboxylic acids is 2. The number of aliphatic imine (C=N–C) groups is 1. The minimum absolute atomic E-state index is 0.000866. The summed E-state index contributed by atoms with van der Waals surface area (Å²) < 4.78 is 10.9. The summed E-state index contributed by atoms with van der Waals surface area (Å²) in [5.74, 6) is 0.743. The SMILES string of the molecule is COc1ccc(OC)c(-c2ccc3c(c2)C(c2cccc(C(N)=O)c2)=NCC(=O)N3C)c1. The Hall–Kier alpha value is -4.13. The zero-order valence-electron chi connectivity index (χ0n) is 18.1. The van der Waals surface area contributed by atoms with Gasteiger partial charge in [-0.15, -0.1) is 0 Å². The monoisotopic (exact) mass is 429 g/mol. The van der Waals surface area contributed by atoms with Crippen LogP contribution in [0.15, 0.2) is 65.7 Å². The molecule has 32 heavy (non-hydrogen) atoms. The van der Waals surface area contributed by atoms with Crippen molar-refractivity contribution in [3.8, 4) is 22.6 Å². The Morgan fingerprint density at radius 2 is 1.78 bits per heavy atom. The molecule has 3 aromatic rings. The molecule has 1 heterocycles. The number of methoxy groups -OCH3 is 2. The Labute approximate surface area is 186 Å². The van der Waals surface area contributed by atoms with Crippen molar-refractivity contribution in [2.45, 2.75) is 0 Å². The van der Waals surface area contributed by atoms with Crippen LogP contribution in [0, 0.1) is 0 Å². The summed E-state index contributed by atoms with van der Waals surface area (Å²) in [7, 11) is 4.95. The summed E-state index contributed by atoms with van der Waals surface area (Å²) in [6.45, 7) is -0.000866. The first-order valence-electron chi connectivity index (χ1n) is 10.0. The van der Waals surface area contributed by atoms with Crippen LogP contribution in [0.2, 0.25) is 0 Å². The van der Waals surface area contributed by atoms with Crippen LogP contribution in [0.1, 0.15) is 21.5 Å².